The Bertz CT molecular complexity index is 1480. The molecule has 1 aliphatic heterocycles. The Kier molecular flexibility index (Phi) is 6.33. The number of carbonyl (C=O) groups is 2. The molecule has 4 aromatic rings. The Balaban J connectivity index is 1.67. The molecule has 1 N–H and O–H groups in total. The molecule has 2 amide bonds. The number of anilines is 1. The van der Waals surface area contributed by atoms with Crippen LogP contribution in [-0.4, -0.2) is 34.2 Å². The number of aryl methyl sites for hydroxylation is 2. The highest BCUT2D eigenvalue weighted by atomic mass is 19.1. The van der Waals surface area contributed by atoms with Gasteiger partial charge >= 0.3 is 0 Å². The number of benzene rings is 3. The Morgan fingerprint density at radius 2 is 1.70 bits per heavy atom. The van der Waals surface area contributed by atoms with Crippen LogP contribution in [0.4, 0.5) is 14.6 Å². The summed E-state index contributed by atoms with van der Waals surface area (Å²) in [5, 5.41) is 7.67. The lowest BCUT2D eigenvalue weighted by Crippen LogP contribution is -2.55. The number of nitrogens with zero attached hydrogens (tertiary/aromatic N) is 3. The number of amides is 2. The molecule has 1 aromatic heterocycles. The minimum Gasteiger partial charge on any atom is -0.339 e. The van der Waals surface area contributed by atoms with Crippen LogP contribution in [-0.2, 0) is 4.79 Å². The van der Waals surface area contributed by atoms with Gasteiger partial charge in [-0.1, -0.05) is 30.3 Å². The monoisotopic (exact) mass is 500 g/mol. The van der Waals surface area contributed by atoms with Gasteiger partial charge in [0.2, 0.25) is 0 Å². The average Bonchev–Trinajstić information content (AvgIpc) is 3.24. The van der Waals surface area contributed by atoms with E-state index in [9.17, 15) is 18.4 Å². The second-order valence-electron chi connectivity index (χ2n) is 9.10. The molecule has 3 aromatic carbocycles. The van der Waals surface area contributed by atoms with Gasteiger partial charge in [-0.05, 0) is 74.4 Å². The highest BCUT2D eigenvalue weighted by Crippen LogP contribution is 2.43. The topological polar surface area (TPSA) is 67.2 Å². The summed E-state index contributed by atoms with van der Waals surface area (Å²) in [6, 6.07) is 18.5. The number of fused-ring (bicyclic) bond motifs is 1. The fourth-order valence-corrected chi connectivity index (χ4v) is 4.97. The molecule has 188 valence electrons. The van der Waals surface area contributed by atoms with Crippen molar-refractivity contribution in [3.8, 4) is 5.69 Å². The van der Waals surface area contributed by atoms with Crippen molar-refractivity contribution >= 4 is 17.6 Å². The van der Waals surface area contributed by atoms with E-state index in [0.717, 1.165) is 11.3 Å². The van der Waals surface area contributed by atoms with Crippen LogP contribution in [0.15, 0.2) is 72.8 Å². The average molecular weight is 501 g/mol. The lowest BCUT2D eigenvalue weighted by atomic mass is 9.81. The molecule has 37 heavy (non-hydrogen) atoms. The third-order valence-corrected chi connectivity index (χ3v) is 6.77. The fourth-order valence-electron chi connectivity index (χ4n) is 4.97. The van der Waals surface area contributed by atoms with Crippen molar-refractivity contribution in [2.24, 2.45) is 0 Å². The van der Waals surface area contributed by atoms with Gasteiger partial charge in [0, 0.05) is 23.6 Å². The smallest absolute Gasteiger partial charge is 0.251 e. The van der Waals surface area contributed by atoms with Gasteiger partial charge in [-0.15, -0.1) is 0 Å². The Morgan fingerprint density at radius 1 is 1.00 bits per heavy atom. The predicted octanol–water partition coefficient (Wildman–Crippen LogP) is 5.06. The Hall–Kier alpha value is -4.33. The predicted molar refractivity (Wildman–Crippen MR) is 137 cm³/mol. The van der Waals surface area contributed by atoms with Gasteiger partial charge < -0.3 is 5.32 Å². The van der Waals surface area contributed by atoms with Crippen LogP contribution in [0.25, 0.3) is 5.69 Å². The van der Waals surface area contributed by atoms with Crippen molar-refractivity contribution in [2.45, 2.75) is 32.7 Å². The van der Waals surface area contributed by atoms with E-state index in [1.807, 2.05) is 44.2 Å². The van der Waals surface area contributed by atoms with E-state index in [2.05, 4.69) is 5.32 Å². The summed E-state index contributed by atoms with van der Waals surface area (Å²) in [4.78, 5) is 28.9. The van der Waals surface area contributed by atoms with Gasteiger partial charge in [0.25, 0.3) is 11.8 Å². The number of aromatic nitrogens is 2. The zero-order valence-corrected chi connectivity index (χ0v) is 20.7. The van der Waals surface area contributed by atoms with Crippen molar-refractivity contribution in [1.29, 1.82) is 0 Å². The van der Waals surface area contributed by atoms with Gasteiger partial charge in [0.1, 0.15) is 23.5 Å². The van der Waals surface area contributed by atoms with E-state index in [1.165, 1.54) is 30.3 Å². The Labute approximate surface area is 213 Å². The second-order valence-corrected chi connectivity index (χ2v) is 9.10. The number of para-hydroxylation sites is 1. The molecule has 0 aliphatic carbocycles. The van der Waals surface area contributed by atoms with Crippen LogP contribution in [0, 0.1) is 25.5 Å². The number of rotatable bonds is 5. The second kappa shape index (κ2) is 9.61. The number of hydrogen-bond donors (Lipinski definition) is 1. The largest absolute Gasteiger partial charge is 0.339 e. The zero-order valence-electron chi connectivity index (χ0n) is 20.7. The number of hydrogen-bond acceptors (Lipinski definition) is 3. The van der Waals surface area contributed by atoms with Crippen LogP contribution in [0.3, 0.4) is 0 Å². The van der Waals surface area contributed by atoms with E-state index in [4.69, 9.17) is 5.10 Å². The van der Waals surface area contributed by atoms with Gasteiger partial charge in [-0.3, -0.25) is 14.5 Å². The minimum atomic E-state index is -0.983. The van der Waals surface area contributed by atoms with Gasteiger partial charge in [-0.2, -0.15) is 5.10 Å². The zero-order chi connectivity index (χ0) is 26.3. The third-order valence-electron chi connectivity index (χ3n) is 6.77. The van der Waals surface area contributed by atoms with E-state index in [1.54, 1.807) is 28.6 Å². The van der Waals surface area contributed by atoms with Crippen LogP contribution >= 0.6 is 0 Å². The maximum absolute atomic E-state index is 14.0. The fraction of sp³-hybridized carbons (Fsp3) is 0.207. The molecule has 0 radical (unpaired) electrons. The summed E-state index contributed by atoms with van der Waals surface area (Å²) >= 11 is 0. The summed E-state index contributed by atoms with van der Waals surface area (Å²) in [5.74, 6) is -1.63. The van der Waals surface area contributed by atoms with Crippen molar-refractivity contribution in [2.75, 3.05) is 11.4 Å². The summed E-state index contributed by atoms with van der Waals surface area (Å²) in [7, 11) is 0. The first-order chi connectivity index (χ1) is 17.8. The molecule has 0 fully saturated rings. The Morgan fingerprint density at radius 3 is 2.35 bits per heavy atom. The summed E-state index contributed by atoms with van der Waals surface area (Å²) in [6.07, 6.45) is 0. The molecular weight excluding hydrogens is 474 g/mol. The molecule has 2 atom stereocenters. The standard InChI is InChI=1S/C29H26F2N4O2/c1-4-34-28-24(18(3)33-35(28)22-8-6-5-7-9-22)25(19-10-13-21(30)14-11-19)26(29(34)37)32-27(36)20-12-15-23(31)17(2)16-20/h5-16,25-26H,4H2,1-3H3,(H,32,36)/t25-,26-/m0/s1. The van der Waals surface area contributed by atoms with Gasteiger partial charge in [0.15, 0.2) is 0 Å². The molecule has 2 heterocycles. The van der Waals surface area contributed by atoms with Crippen LogP contribution in [0.1, 0.15) is 45.6 Å². The molecular formula is C29H26F2N4O2. The van der Waals surface area contributed by atoms with Crippen molar-refractivity contribution in [3.05, 3.63) is 112 Å². The third kappa shape index (κ3) is 4.28. The quantitative estimate of drug-likeness (QED) is 0.416. The maximum atomic E-state index is 14.0. The lowest BCUT2D eigenvalue weighted by molar-refractivity contribution is -0.121. The first-order valence-corrected chi connectivity index (χ1v) is 12.1. The molecule has 0 saturated heterocycles. The van der Waals surface area contributed by atoms with Crippen molar-refractivity contribution in [3.63, 3.8) is 0 Å². The molecule has 6 nitrogen and oxygen atoms in total. The SMILES string of the molecule is CCN1C(=O)[C@@H](NC(=O)c2ccc(F)c(C)c2)[C@@H](c2ccc(F)cc2)c2c(C)nn(-c3ccccc3)c21. The van der Waals surface area contributed by atoms with E-state index in [0.29, 0.717) is 29.2 Å². The maximum Gasteiger partial charge on any atom is 0.251 e. The first-order valence-electron chi connectivity index (χ1n) is 12.1. The summed E-state index contributed by atoms with van der Waals surface area (Å²) < 4.78 is 29.4. The molecule has 1 aliphatic rings. The highest BCUT2D eigenvalue weighted by Gasteiger charge is 2.45. The van der Waals surface area contributed by atoms with E-state index >= 15 is 0 Å². The van der Waals surface area contributed by atoms with Gasteiger partial charge in [0.05, 0.1) is 11.4 Å². The highest BCUT2D eigenvalue weighted by molar-refractivity contribution is 6.05. The molecule has 0 bridgehead atoms. The summed E-state index contributed by atoms with van der Waals surface area (Å²) in [5.41, 5.74) is 3.50. The first kappa shape index (κ1) is 24.4. The lowest BCUT2D eigenvalue weighted by Gasteiger charge is -2.38. The van der Waals surface area contributed by atoms with E-state index < -0.39 is 29.5 Å². The molecule has 8 heteroatoms. The molecule has 0 spiro atoms. The van der Waals surface area contributed by atoms with Crippen LogP contribution in [0.2, 0.25) is 0 Å². The molecule has 0 saturated carbocycles. The normalized spacial score (nSPS) is 17.0. The van der Waals surface area contributed by atoms with Crippen LogP contribution < -0.4 is 10.2 Å². The number of nitrogens with one attached hydrogen (secondary N) is 1. The number of likely N-dealkylation sites (N-methyl/N-ethyl adjacent to an activating group) is 1. The van der Waals surface area contributed by atoms with Crippen molar-refractivity contribution < 1.29 is 18.4 Å². The molecule has 0 unspecified atom stereocenters. The van der Waals surface area contributed by atoms with E-state index in [-0.39, 0.29) is 11.5 Å². The summed E-state index contributed by atoms with van der Waals surface area (Å²) in [6.45, 7) is 5.65. The molecule has 5 rings (SSSR count). The number of carbonyl (C=O) groups excluding carboxylic acids is 2. The minimum absolute atomic E-state index is 0.245. The number of halogens is 2. The van der Waals surface area contributed by atoms with Crippen LogP contribution in [0.5, 0.6) is 0 Å². The van der Waals surface area contributed by atoms with Gasteiger partial charge in [-0.25, -0.2) is 13.5 Å². The van der Waals surface area contributed by atoms with Crippen molar-refractivity contribution in [1.82, 2.24) is 15.1 Å².